The summed E-state index contributed by atoms with van der Waals surface area (Å²) in [4.78, 5) is 60.5. The second-order valence-corrected chi connectivity index (χ2v) is 8.45. The van der Waals surface area contributed by atoms with E-state index < -0.39 is 72.6 Å². The largest absolute Gasteiger partial charge is 0.504 e. The Balaban J connectivity index is 7.92. The predicted octanol–water partition coefficient (Wildman–Crippen LogP) is -3.28. The van der Waals surface area contributed by atoms with Crippen molar-refractivity contribution in [1.29, 1.82) is 0 Å². The molecule has 0 aromatic rings. The molecule has 5 N–H and O–H groups in total. The molecule has 0 aliphatic rings. The van der Waals surface area contributed by atoms with E-state index in [1.807, 2.05) is 0 Å². The lowest BCUT2D eigenvalue weighted by Gasteiger charge is -2.52. The van der Waals surface area contributed by atoms with E-state index in [4.69, 9.17) is 0 Å². The molecule has 0 saturated heterocycles. The van der Waals surface area contributed by atoms with Crippen molar-refractivity contribution in [1.82, 2.24) is 0 Å². The van der Waals surface area contributed by atoms with Crippen LogP contribution in [0.25, 0.3) is 0 Å². The van der Waals surface area contributed by atoms with Crippen LogP contribution in [0.2, 0.25) is 0 Å². The lowest BCUT2D eigenvalue weighted by Crippen LogP contribution is -2.86. The zero-order valence-electron chi connectivity index (χ0n) is 16.3. The number of carbonyl (C=O) groups is 5. The van der Waals surface area contributed by atoms with Crippen LogP contribution in [0.5, 0.6) is 0 Å². The predicted molar refractivity (Wildman–Crippen MR) is 89.6 cm³/mol. The summed E-state index contributed by atoms with van der Waals surface area (Å²) in [5.74, 6) is -8.69. The molecule has 178 valence electrons. The monoisotopic (exact) mass is 480 g/mol. The number of rotatable bonds is 9. The van der Waals surface area contributed by atoms with Gasteiger partial charge in [-0.2, -0.15) is 13.2 Å². The minimum Gasteiger partial charge on any atom is -0.393 e. The van der Waals surface area contributed by atoms with Gasteiger partial charge < -0.3 is 25.5 Å². The molecule has 0 aromatic carbocycles. The van der Waals surface area contributed by atoms with Crippen LogP contribution in [0, 0.1) is 0 Å². The Bertz CT molecular complexity index is 941. The number of aliphatic hydroxyl groups is 5. The smallest absolute Gasteiger partial charge is 0.393 e. The van der Waals surface area contributed by atoms with Crippen LogP contribution in [0.15, 0.2) is 0 Å². The summed E-state index contributed by atoms with van der Waals surface area (Å²) in [5, 5.41) is 48.2. The van der Waals surface area contributed by atoms with Crippen LogP contribution in [-0.2, 0) is 33.8 Å². The van der Waals surface area contributed by atoms with E-state index in [0.717, 1.165) is 0 Å². The Hall–Kier alpha value is -2.11. The molecular weight excluding hydrogens is 461 g/mol. The molecule has 16 heteroatoms. The third kappa shape index (κ3) is 3.52. The van der Waals surface area contributed by atoms with E-state index in [-0.39, 0.29) is 20.8 Å². The number of ketones is 4. The summed E-state index contributed by atoms with van der Waals surface area (Å²) < 4.78 is 61.8. The number of hydrogen-bond acceptors (Lipinski definition) is 12. The highest BCUT2D eigenvalue weighted by Crippen LogP contribution is 2.45. The molecule has 0 bridgehead atoms. The number of alkyl halides is 3. The van der Waals surface area contributed by atoms with Crippen LogP contribution >= 0.6 is 0 Å². The average molecular weight is 480 g/mol. The zero-order chi connectivity index (χ0) is 25.6. The van der Waals surface area contributed by atoms with Gasteiger partial charge >= 0.3 is 15.3 Å². The van der Waals surface area contributed by atoms with Gasteiger partial charge in [-0.15, -0.1) is 0 Å². The summed E-state index contributed by atoms with van der Waals surface area (Å²) >= 11 is 0. The summed E-state index contributed by atoms with van der Waals surface area (Å²) in [5.41, 5.74) is -25.1. The lowest BCUT2D eigenvalue weighted by molar-refractivity contribution is -0.263. The Morgan fingerprint density at radius 3 is 1.26 bits per heavy atom. The van der Waals surface area contributed by atoms with E-state index in [1.54, 1.807) is 0 Å². The lowest BCUT2D eigenvalue weighted by atomic mass is 9.58. The van der Waals surface area contributed by atoms with Crippen LogP contribution in [0.1, 0.15) is 27.7 Å². The fraction of sp³-hybridized carbons (Fsp3) is 0.667. The molecule has 0 aromatic heterocycles. The molecule has 31 heavy (non-hydrogen) atoms. The fourth-order valence-corrected chi connectivity index (χ4v) is 3.83. The highest BCUT2D eigenvalue weighted by Gasteiger charge is 2.81. The van der Waals surface area contributed by atoms with Crippen molar-refractivity contribution in [3.8, 4) is 0 Å². The van der Waals surface area contributed by atoms with Gasteiger partial charge in [0, 0.05) is 0 Å². The molecule has 12 nitrogen and oxygen atoms in total. The molecule has 4 atom stereocenters. The molecule has 0 heterocycles. The molecule has 0 spiro atoms. The van der Waals surface area contributed by atoms with Crippen molar-refractivity contribution in [3.05, 3.63) is 0 Å². The van der Waals surface area contributed by atoms with E-state index in [1.165, 1.54) is 0 Å². The van der Waals surface area contributed by atoms with Gasteiger partial charge in [0.1, 0.15) is 0 Å². The van der Waals surface area contributed by atoms with Crippen LogP contribution in [-0.4, -0.2) is 96.7 Å². The van der Waals surface area contributed by atoms with E-state index >= 15 is 0 Å². The van der Waals surface area contributed by atoms with Crippen LogP contribution < -0.4 is 0 Å². The van der Waals surface area contributed by atoms with Crippen LogP contribution in [0.4, 0.5) is 13.2 Å². The maximum absolute atomic E-state index is 12.9. The maximum atomic E-state index is 12.9. The van der Waals surface area contributed by atoms with E-state index in [9.17, 15) is 71.1 Å². The van der Waals surface area contributed by atoms with Gasteiger partial charge in [-0.25, -0.2) is 8.42 Å². The van der Waals surface area contributed by atoms with Gasteiger partial charge in [-0.05, 0) is 27.7 Å². The number of hydrogen-bond donors (Lipinski definition) is 5. The van der Waals surface area contributed by atoms with Crippen molar-refractivity contribution in [2.24, 2.45) is 0 Å². The summed E-state index contributed by atoms with van der Waals surface area (Å²) in [7, 11) is -7.23. The number of aliphatic hydroxyl groups excluding tert-OH is 1. The molecule has 0 saturated carbocycles. The summed E-state index contributed by atoms with van der Waals surface area (Å²) in [6, 6.07) is 0. The molecule has 0 aliphatic heterocycles. The van der Waals surface area contributed by atoms with Gasteiger partial charge in [0.15, 0.2) is 28.7 Å². The molecule has 0 unspecified atom stereocenters. The second kappa shape index (κ2) is 8.10. The number of Topliss-reactive ketones (excluding diaryl/α,β-unsaturated/α-hetero) is 4. The Morgan fingerprint density at radius 2 is 1.06 bits per heavy atom. The summed E-state index contributed by atoms with van der Waals surface area (Å²) in [6.45, 7) is -1.45. The van der Waals surface area contributed by atoms with Gasteiger partial charge in [0.25, 0.3) is 5.12 Å². The molecule has 0 fully saturated rings. The molecular formula is C15H19F3O12S. The van der Waals surface area contributed by atoms with Crippen molar-refractivity contribution in [2.75, 3.05) is 6.61 Å². The maximum Gasteiger partial charge on any atom is 0.504 e. The van der Waals surface area contributed by atoms with Crippen molar-refractivity contribution >= 4 is 38.1 Å². The Kier molecular flexibility index (Phi) is 7.55. The van der Waals surface area contributed by atoms with Gasteiger partial charge in [0.2, 0.25) is 16.8 Å². The third-order valence-corrected chi connectivity index (χ3v) is 6.22. The third-order valence-electron chi connectivity index (χ3n) is 4.83. The zero-order valence-corrected chi connectivity index (χ0v) is 17.2. The van der Waals surface area contributed by atoms with Crippen LogP contribution in [0.3, 0.4) is 0 Å². The molecule has 0 radical (unpaired) electrons. The van der Waals surface area contributed by atoms with Gasteiger partial charge in [0.05, 0.1) is 6.61 Å². The molecule has 0 amide bonds. The first kappa shape index (κ1) is 28.9. The Labute approximate surface area is 172 Å². The number of carbonyl (C=O) groups excluding carboxylic acids is 5. The molecule has 0 aliphatic carbocycles. The van der Waals surface area contributed by atoms with Crippen molar-refractivity contribution in [2.45, 2.75) is 55.6 Å². The Morgan fingerprint density at radius 1 is 0.710 bits per heavy atom. The topological polar surface area (TPSA) is 221 Å². The highest BCUT2D eigenvalue weighted by atomic mass is 32.2. The quantitative estimate of drug-likeness (QED) is 0.205. The second-order valence-electron chi connectivity index (χ2n) is 6.61. The van der Waals surface area contributed by atoms with Gasteiger partial charge in [-0.1, -0.05) is 0 Å². The first-order valence-electron chi connectivity index (χ1n) is 7.89. The summed E-state index contributed by atoms with van der Waals surface area (Å²) in [6.07, 6.45) is 0. The molecule has 0 rings (SSSR count). The SMILES string of the molecule is CC(=O)[C@@](O)(C(=O)S(=O)(=O)C(F)(F)F)[C@](O)(C(C)=O)[C@@](O)(C(C)=O)[C@](O)(CO)C(C)=O. The van der Waals surface area contributed by atoms with E-state index in [2.05, 4.69) is 0 Å². The van der Waals surface area contributed by atoms with E-state index in [0.29, 0.717) is 6.92 Å². The highest BCUT2D eigenvalue weighted by molar-refractivity contribution is 8.07. The number of sulfone groups is 1. The standard InChI is InChI=1S/C15H19F3O12S/c1-6(20)11(25,5-19)13(27,8(3)22)14(28,9(4)23)12(26,7(2)21)10(24)31(29,30)15(16,17)18/h19,25-28H,5H2,1-4H3/t11-,12+,13+,14+/m0/s1. The normalized spacial score (nSPS) is 20.4. The van der Waals surface area contributed by atoms with Crippen molar-refractivity contribution < 1.29 is 71.1 Å². The minimum atomic E-state index is -7.23. The first-order valence-corrected chi connectivity index (χ1v) is 9.38. The fourth-order valence-electron chi connectivity index (χ4n) is 2.94. The minimum absolute atomic E-state index is 0.00400. The van der Waals surface area contributed by atoms with Crippen molar-refractivity contribution in [3.63, 3.8) is 0 Å². The first-order chi connectivity index (χ1) is 13.5. The van der Waals surface area contributed by atoms with Gasteiger partial charge in [-0.3, -0.25) is 24.0 Å². The average Bonchev–Trinajstić information content (AvgIpc) is 2.62. The number of halogens is 3.